The van der Waals surface area contributed by atoms with Crippen molar-refractivity contribution in [2.75, 3.05) is 13.6 Å². The molecule has 0 amide bonds. The normalized spacial score (nSPS) is 36.5. The van der Waals surface area contributed by atoms with E-state index in [1.807, 2.05) is 0 Å². The predicted octanol–water partition coefficient (Wildman–Crippen LogP) is 5.94. The Bertz CT molecular complexity index is 1950. The van der Waals surface area contributed by atoms with Crippen LogP contribution in [0, 0.1) is 23.6 Å². The molecule has 0 aromatic heterocycles. The number of nitrogens with zero attached hydrogens (tertiary/aromatic N) is 1. The molecule has 0 spiro atoms. The lowest BCUT2D eigenvalue weighted by Gasteiger charge is -2.47. The molecule has 20 heteroatoms. The fourth-order valence-electron chi connectivity index (χ4n) is 8.26. The number of benzene rings is 2. The van der Waals surface area contributed by atoms with Crippen LogP contribution in [0.3, 0.4) is 0 Å². The molecular weight excluding hydrogens is 875 g/mol. The predicted molar refractivity (Wildman–Crippen MR) is 218 cm³/mol. The van der Waals surface area contributed by atoms with Gasteiger partial charge in [-0.1, -0.05) is 44.0 Å². The van der Waals surface area contributed by atoms with Crippen LogP contribution < -0.4 is 10.1 Å². The van der Waals surface area contributed by atoms with Crippen LogP contribution in [0.4, 0.5) is 17.6 Å². The second kappa shape index (κ2) is 19.8. The number of carbonyl (C=O) groups is 1. The van der Waals surface area contributed by atoms with Gasteiger partial charge in [0.25, 0.3) is 0 Å². The fourth-order valence-corrected chi connectivity index (χ4v) is 10.2. The molecule has 2 aliphatic rings. The van der Waals surface area contributed by atoms with E-state index in [0.717, 1.165) is 34.6 Å². The number of rotatable bonds is 8. The lowest BCUT2D eigenvalue weighted by molar-refractivity contribution is -0.293. The van der Waals surface area contributed by atoms with E-state index in [1.54, 1.807) is 27.7 Å². The molecule has 2 aliphatic heterocycles. The summed E-state index contributed by atoms with van der Waals surface area (Å²) < 4.78 is 109. The van der Waals surface area contributed by atoms with Crippen molar-refractivity contribution in [1.82, 2.24) is 9.62 Å². The molecule has 0 unspecified atom stereocenters. The zero-order chi connectivity index (χ0) is 46.2. The third-order valence-corrected chi connectivity index (χ3v) is 14.3. The summed E-state index contributed by atoms with van der Waals surface area (Å²) in [4.78, 5) is 13.3. The van der Waals surface area contributed by atoms with Crippen LogP contribution in [0.2, 0.25) is 10.0 Å². The lowest BCUT2D eigenvalue weighted by Crippen LogP contribution is -2.61. The van der Waals surface area contributed by atoms with Crippen molar-refractivity contribution < 1.29 is 70.1 Å². The molecule has 13 nitrogen and oxygen atoms in total. The van der Waals surface area contributed by atoms with Crippen LogP contribution in [-0.4, -0.2) is 119 Å². The number of ether oxygens (including phenoxy) is 4. The van der Waals surface area contributed by atoms with E-state index < -0.39 is 122 Å². The summed E-state index contributed by atoms with van der Waals surface area (Å²) in [5.41, 5.74) is -4.93. The maximum atomic E-state index is 14.1. The smallest absolute Gasteiger partial charge is 0.417 e. The Morgan fingerprint density at radius 2 is 1.66 bits per heavy atom. The van der Waals surface area contributed by atoms with Gasteiger partial charge in [0, 0.05) is 19.0 Å². The second-order valence-electron chi connectivity index (χ2n) is 17.0. The SMILES string of the molecule is CC[C@H]1OC(=O)[C@H](C)[C@@H](O)[C@H](C)[C@@H](O[C@@H]2O[C@H](C)C[C@H](N(C)S(=O)(=O)c3ccc(F)c(Cl)c3)[C@H]2Oc2ccc(C(F)(F)F)c(Cl)c2)[C@](C)(O)C[C@@H](C)CN[C@H](C)[C@@H](O)[C@]1(C)O. The topological polar surface area (TPSA) is 184 Å². The number of carbonyl (C=O) groups excluding carboxylic acids is 1. The molecule has 5 N–H and O–H groups in total. The van der Waals surface area contributed by atoms with Crippen LogP contribution in [-0.2, 0) is 35.2 Å². The third kappa shape index (κ3) is 11.7. The van der Waals surface area contributed by atoms with Gasteiger partial charge in [0.05, 0.1) is 56.4 Å². The van der Waals surface area contributed by atoms with Crippen LogP contribution >= 0.6 is 23.2 Å². The number of halogens is 6. The van der Waals surface area contributed by atoms with Crippen molar-refractivity contribution in [2.24, 2.45) is 17.8 Å². The van der Waals surface area contributed by atoms with Gasteiger partial charge in [0.2, 0.25) is 10.0 Å². The van der Waals surface area contributed by atoms with Crippen molar-refractivity contribution in [2.45, 2.75) is 152 Å². The van der Waals surface area contributed by atoms with Crippen molar-refractivity contribution in [3.63, 3.8) is 0 Å². The first-order valence-corrected chi connectivity index (χ1v) is 22.3. The van der Waals surface area contributed by atoms with Crippen LogP contribution in [0.5, 0.6) is 5.75 Å². The number of aliphatic hydroxyl groups excluding tert-OH is 2. The van der Waals surface area contributed by atoms with Crippen molar-refractivity contribution in [1.29, 1.82) is 0 Å². The highest BCUT2D eigenvalue weighted by atomic mass is 35.5. The monoisotopic (exact) mass is 932 g/mol. The minimum Gasteiger partial charge on any atom is -0.483 e. The molecule has 0 radical (unpaired) electrons. The molecule has 2 saturated heterocycles. The Labute approximate surface area is 364 Å². The first-order chi connectivity index (χ1) is 28.0. The highest BCUT2D eigenvalue weighted by Crippen LogP contribution is 2.40. The van der Waals surface area contributed by atoms with Gasteiger partial charge in [-0.05, 0) is 103 Å². The number of alkyl halides is 3. The molecule has 0 bridgehead atoms. The zero-order valence-corrected chi connectivity index (χ0v) is 37.8. The van der Waals surface area contributed by atoms with E-state index in [4.69, 9.17) is 42.1 Å². The van der Waals surface area contributed by atoms with Crippen molar-refractivity contribution in [3.05, 3.63) is 57.8 Å². The summed E-state index contributed by atoms with van der Waals surface area (Å²) in [5, 5.41) is 48.8. The number of cyclic esters (lactones) is 1. The highest BCUT2D eigenvalue weighted by Gasteiger charge is 2.51. The summed E-state index contributed by atoms with van der Waals surface area (Å²) in [6, 6.07) is 3.46. The molecule has 4 rings (SSSR count). The average Bonchev–Trinajstić information content (AvgIpc) is 3.16. The average molecular weight is 934 g/mol. The van der Waals surface area contributed by atoms with Crippen LogP contribution in [0.1, 0.15) is 80.2 Å². The quantitative estimate of drug-likeness (QED) is 0.155. The Balaban J connectivity index is 1.84. The number of esters is 1. The van der Waals surface area contributed by atoms with Gasteiger partial charge in [-0.15, -0.1) is 0 Å². The number of sulfonamides is 1. The highest BCUT2D eigenvalue weighted by molar-refractivity contribution is 7.89. The molecule has 2 aromatic carbocycles. The van der Waals surface area contributed by atoms with Gasteiger partial charge in [-0.3, -0.25) is 4.79 Å². The number of hydrogen-bond donors (Lipinski definition) is 5. The summed E-state index contributed by atoms with van der Waals surface area (Å²) in [7, 11) is -3.29. The van der Waals surface area contributed by atoms with E-state index in [0.29, 0.717) is 6.07 Å². The van der Waals surface area contributed by atoms with E-state index in [1.165, 1.54) is 34.7 Å². The maximum Gasteiger partial charge on any atom is 0.417 e. The van der Waals surface area contributed by atoms with Gasteiger partial charge >= 0.3 is 12.1 Å². The second-order valence-corrected chi connectivity index (χ2v) is 19.8. The minimum absolute atomic E-state index is 0.0251. The number of hydrogen-bond acceptors (Lipinski definition) is 12. The summed E-state index contributed by atoms with van der Waals surface area (Å²) in [6.07, 6.45) is -14.4. The number of nitrogens with one attached hydrogen (secondary N) is 1. The molecule has 0 aliphatic carbocycles. The van der Waals surface area contributed by atoms with Gasteiger partial charge in [0.15, 0.2) is 12.4 Å². The van der Waals surface area contributed by atoms with Gasteiger partial charge in [-0.25, -0.2) is 12.8 Å². The van der Waals surface area contributed by atoms with Crippen LogP contribution in [0.15, 0.2) is 41.3 Å². The maximum absolute atomic E-state index is 14.1. The molecule has 346 valence electrons. The Kier molecular flexibility index (Phi) is 16.6. The molecular formula is C41H58Cl2F4N2O11S. The number of aliphatic hydroxyl groups is 4. The Hall–Kier alpha value is -2.36. The van der Waals surface area contributed by atoms with Gasteiger partial charge < -0.3 is 44.7 Å². The van der Waals surface area contributed by atoms with Gasteiger partial charge in [-0.2, -0.15) is 17.5 Å². The summed E-state index contributed by atoms with van der Waals surface area (Å²) in [5.74, 6) is -4.81. The summed E-state index contributed by atoms with van der Waals surface area (Å²) >= 11 is 12.0. The molecule has 2 heterocycles. The standard InChI is InChI=1S/C41H58Cl2F4N2O11S/c1-10-32-40(8,54)35(51)24(6)48-19-20(2)18-39(7,53)36(22(4)33(50)23(5)37(52)59-32)60-38-34(58-25-11-13-27(28(42)16-25)41(45,46)47)31(15-21(3)57-38)49(9)61(55,56)26-12-14-30(44)29(43)17-26/h11-14,16-17,20-24,31-36,38,48,50-51,53-54H,10,15,18-19H2,1-9H3/t20-,21-,22+,23-,24-,31+,32-,33+,34-,35-,36-,38+,39-,40-/m1/s1. The number of likely N-dealkylation sites (N-methyl/N-ethyl adjacent to an activating group) is 1. The largest absolute Gasteiger partial charge is 0.483 e. The molecule has 2 aromatic rings. The molecule has 2 fully saturated rings. The summed E-state index contributed by atoms with van der Waals surface area (Å²) in [6.45, 7) is 12.6. The molecule has 61 heavy (non-hydrogen) atoms. The van der Waals surface area contributed by atoms with Crippen molar-refractivity contribution in [3.8, 4) is 5.75 Å². The minimum atomic E-state index is -4.81. The van der Waals surface area contributed by atoms with Crippen molar-refractivity contribution >= 4 is 39.2 Å². The van der Waals surface area contributed by atoms with E-state index >= 15 is 0 Å². The molecule has 0 saturated carbocycles. The lowest BCUT2D eigenvalue weighted by atomic mass is 9.78. The fraction of sp³-hybridized carbons (Fsp3) is 0.683. The Morgan fingerprint density at radius 3 is 2.23 bits per heavy atom. The Morgan fingerprint density at radius 1 is 1.02 bits per heavy atom. The first-order valence-electron chi connectivity index (χ1n) is 20.1. The van der Waals surface area contributed by atoms with E-state index in [2.05, 4.69) is 5.32 Å². The first kappa shape index (κ1) is 51.3. The van der Waals surface area contributed by atoms with E-state index in [9.17, 15) is 51.2 Å². The zero-order valence-electron chi connectivity index (χ0n) is 35.5. The third-order valence-electron chi connectivity index (χ3n) is 11.8. The van der Waals surface area contributed by atoms with Gasteiger partial charge in [0.1, 0.15) is 29.4 Å². The van der Waals surface area contributed by atoms with E-state index in [-0.39, 0.29) is 42.4 Å². The molecule has 14 atom stereocenters. The van der Waals surface area contributed by atoms with Crippen LogP contribution in [0.25, 0.3) is 0 Å².